The van der Waals surface area contributed by atoms with Gasteiger partial charge in [-0.05, 0) is 19.3 Å². The van der Waals surface area contributed by atoms with Crippen molar-refractivity contribution in [1.82, 2.24) is 5.32 Å². The molecular weight excluding hydrogens is 1050 g/mol. The van der Waals surface area contributed by atoms with Gasteiger partial charge in [-0.3, -0.25) is 4.79 Å². The van der Waals surface area contributed by atoms with Crippen LogP contribution in [0.5, 0.6) is 0 Å². The Bertz CT molecular complexity index is 1440. The Balaban J connectivity index is 1.65. The first-order valence-corrected chi connectivity index (χ1v) is 35.4. The van der Waals surface area contributed by atoms with Crippen LogP contribution in [0.1, 0.15) is 328 Å². The highest BCUT2D eigenvalue weighted by Gasteiger charge is 2.51. The number of ether oxygens (including phenoxy) is 4. The van der Waals surface area contributed by atoms with E-state index in [9.17, 15) is 45.6 Å². The van der Waals surface area contributed by atoms with Crippen molar-refractivity contribution >= 4 is 5.91 Å². The molecule has 0 bridgehead atoms. The molecule has 492 valence electrons. The maximum atomic E-state index is 13.3. The van der Waals surface area contributed by atoms with Gasteiger partial charge in [0.05, 0.1) is 32.0 Å². The van der Waals surface area contributed by atoms with Crippen LogP contribution in [-0.2, 0) is 23.7 Å². The fourth-order valence-corrected chi connectivity index (χ4v) is 12.1. The molecule has 9 N–H and O–H groups in total. The summed E-state index contributed by atoms with van der Waals surface area (Å²) in [6, 6.07) is -0.911. The first-order valence-electron chi connectivity index (χ1n) is 35.4. The van der Waals surface area contributed by atoms with Gasteiger partial charge in [-0.1, -0.05) is 315 Å². The van der Waals surface area contributed by atoms with Gasteiger partial charge in [-0.25, -0.2) is 0 Å². The van der Waals surface area contributed by atoms with Crippen molar-refractivity contribution < 1.29 is 64.6 Å². The molecule has 0 saturated carbocycles. The van der Waals surface area contributed by atoms with Crippen LogP contribution in [0, 0.1) is 0 Å². The Kier molecular flexibility index (Phi) is 51.4. The monoisotopic (exact) mass is 1180 g/mol. The standard InChI is InChI=1S/C69H133NO13/c1-3-5-7-9-11-13-15-17-19-21-23-24-25-26-27-28-29-30-31-32-33-35-37-39-41-43-45-47-49-51-53-61(74)70-57(58(73)52-50-48-46-44-42-40-38-36-34-22-20-18-16-14-12-10-8-6-4-2)56-80-68-66(79)64(77)67(60(55-72)82-68)83-69-65(78)63(76)62(75)59(54-71)81-69/h50,52,57-60,62-69,71-73,75-79H,3-49,51,53-56H2,1-2H3,(H,70,74)/b52-50+. The normalized spacial score (nSPS) is 23.8. The molecule has 0 aromatic carbocycles. The SMILES string of the molecule is CCCCCCCCCCCCCCCCCCC/C=C/C(O)C(COC1OC(CO)C(OC2OC(CO)C(O)C(O)C2O)C(O)C1O)NC(=O)CCCCCCCCCCCCCCCCCCCCCCCCCCCCCCCC. The van der Waals surface area contributed by atoms with E-state index in [1.807, 2.05) is 6.08 Å². The molecular formula is C69H133NO13. The number of rotatable bonds is 59. The minimum atomic E-state index is -1.79. The Morgan fingerprint density at radius 3 is 1.11 bits per heavy atom. The van der Waals surface area contributed by atoms with Crippen molar-refractivity contribution in [1.29, 1.82) is 0 Å². The molecule has 1 amide bonds. The van der Waals surface area contributed by atoms with Crippen molar-refractivity contribution in [3.63, 3.8) is 0 Å². The van der Waals surface area contributed by atoms with Crippen molar-refractivity contribution in [2.45, 2.75) is 402 Å². The van der Waals surface area contributed by atoms with E-state index in [1.54, 1.807) is 6.08 Å². The minimum absolute atomic E-state index is 0.231. The zero-order chi connectivity index (χ0) is 60.2. The van der Waals surface area contributed by atoms with Gasteiger partial charge < -0.3 is 65.1 Å². The summed E-state index contributed by atoms with van der Waals surface area (Å²) in [6.45, 7) is 2.86. The molecule has 2 rings (SSSR count). The lowest BCUT2D eigenvalue weighted by atomic mass is 9.97. The molecule has 0 aromatic rings. The van der Waals surface area contributed by atoms with E-state index in [4.69, 9.17) is 18.9 Å². The molecule has 0 radical (unpaired) electrons. The topological polar surface area (TPSA) is 228 Å². The molecule has 14 nitrogen and oxygen atoms in total. The van der Waals surface area contributed by atoms with Gasteiger partial charge in [-0.2, -0.15) is 0 Å². The maximum Gasteiger partial charge on any atom is 0.220 e. The molecule has 2 aliphatic rings. The zero-order valence-electron chi connectivity index (χ0n) is 53.5. The van der Waals surface area contributed by atoms with Crippen LogP contribution in [-0.4, -0.2) is 140 Å². The number of allylic oxidation sites excluding steroid dienone is 1. The number of amides is 1. The Morgan fingerprint density at radius 1 is 0.422 bits per heavy atom. The van der Waals surface area contributed by atoms with E-state index in [-0.39, 0.29) is 18.9 Å². The van der Waals surface area contributed by atoms with Gasteiger partial charge >= 0.3 is 0 Å². The fourth-order valence-electron chi connectivity index (χ4n) is 12.1. The van der Waals surface area contributed by atoms with Crippen molar-refractivity contribution in [3.8, 4) is 0 Å². The van der Waals surface area contributed by atoms with Gasteiger partial charge in [0.2, 0.25) is 5.91 Å². The molecule has 83 heavy (non-hydrogen) atoms. The molecule has 2 heterocycles. The second-order valence-electron chi connectivity index (χ2n) is 25.4. The van der Waals surface area contributed by atoms with Gasteiger partial charge in [0, 0.05) is 6.42 Å². The molecule has 12 unspecified atom stereocenters. The number of unbranched alkanes of at least 4 members (excludes halogenated alkanes) is 46. The molecule has 2 saturated heterocycles. The summed E-state index contributed by atoms with van der Waals surface area (Å²) in [5, 5.41) is 87.4. The predicted octanol–water partition coefficient (Wildman–Crippen LogP) is 14.2. The van der Waals surface area contributed by atoms with E-state index in [0.717, 1.165) is 44.9 Å². The quantitative estimate of drug-likeness (QED) is 0.0204. The van der Waals surface area contributed by atoms with Crippen molar-refractivity contribution in [2.75, 3.05) is 19.8 Å². The summed E-state index contributed by atoms with van der Waals surface area (Å²) in [6.07, 6.45) is 49.9. The van der Waals surface area contributed by atoms with Crippen LogP contribution in [0.2, 0.25) is 0 Å². The average Bonchev–Trinajstić information content (AvgIpc) is 3.65. The number of carbonyl (C=O) groups excluding carboxylic acids is 1. The van der Waals surface area contributed by atoms with Crippen molar-refractivity contribution in [2.24, 2.45) is 0 Å². The van der Waals surface area contributed by atoms with Gasteiger partial charge in [-0.15, -0.1) is 0 Å². The van der Waals surface area contributed by atoms with Gasteiger partial charge in [0.1, 0.15) is 48.8 Å². The first-order chi connectivity index (χ1) is 40.6. The number of hydrogen-bond acceptors (Lipinski definition) is 13. The first kappa shape index (κ1) is 77.8. The maximum absolute atomic E-state index is 13.3. The van der Waals surface area contributed by atoms with Crippen LogP contribution >= 0.6 is 0 Å². The average molecular weight is 1180 g/mol. The number of aliphatic hydroxyl groups excluding tert-OH is 8. The van der Waals surface area contributed by atoms with E-state index in [2.05, 4.69) is 19.2 Å². The molecule has 0 spiro atoms. The van der Waals surface area contributed by atoms with Crippen LogP contribution in [0.3, 0.4) is 0 Å². The summed E-state index contributed by atoms with van der Waals surface area (Å²) in [4.78, 5) is 13.3. The van der Waals surface area contributed by atoms with Gasteiger partial charge in [0.15, 0.2) is 12.6 Å². The van der Waals surface area contributed by atoms with Crippen LogP contribution < -0.4 is 5.32 Å². The van der Waals surface area contributed by atoms with E-state index in [0.29, 0.717) is 0 Å². The highest BCUT2D eigenvalue weighted by molar-refractivity contribution is 5.76. The molecule has 0 aliphatic carbocycles. The molecule has 2 aliphatic heterocycles. The number of carbonyl (C=O) groups is 1. The Labute approximate surface area is 507 Å². The minimum Gasteiger partial charge on any atom is -0.394 e. The van der Waals surface area contributed by atoms with Crippen LogP contribution in [0.15, 0.2) is 12.2 Å². The Hall–Kier alpha value is -1.27. The number of hydrogen-bond donors (Lipinski definition) is 9. The third-order valence-corrected chi connectivity index (χ3v) is 17.7. The zero-order valence-corrected chi connectivity index (χ0v) is 53.5. The fraction of sp³-hybridized carbons (Fsp3) is 0.957. The van der Waals surface area contributed by atoms with Gasteiger partial charge in [0.25, 0.3) is 0 Å². The predicted molar refractivity (Wildman–Crippen MR) is 337 cm³/mol. The molecule has 0 aromatic heterocycles. The second kappa shape index (κ2) is 54.8. The van der Waals surface area contributed by atoms with E-state index < -0.39 is 86.8 Å². The van der Waals surface area contributed by atoms with E-state index in [1.165, 1.54) is 263 Å². The van der Waals surface area contributed by atoms with Crippen molar-refractivity contribution in [3.05, 3.63) is 12.2 Å². The van der Waals surface area contributed by atoms with Crippen LogP contribution in [0.4, 0.5) is 0 Å². The third-order valence-electron chi connectivity index (χ3n) is 17.7. The molecule has 2 fully saturated rings. The summed E-state index contributed by atoms with van der Waals surface area (Å²) in [5.74, 6) is -0.231. The highest BCUT2D eigenvalue weighted by atomic mass is 16.7. The second-order valence-corrected chi connectivity index (χ2v) is 25.4. The number of nitrogens with one attached hydrogen (secondary N) is 1. The summed E-state index contributed by atoms with van der Waals surface area (Å²) < 4.78 is 22.9. The van der Waals surface area contributed by atoms with E-state index >= 15 is 0 Å². The lowest BCUT2D eigenvalue weighted by molar-refractivity contribution is -0.359. The third kappa shape index (κ3) is 39.4. The number of aliphatic hydroxyl groups is 8. The Morgan fingerprint density at radius 2 is 0.747 bits per heavy atom. The highest BCUT2D eigenvalue weighted by Crippen LogP contribution is 2.30. The summed E-state index contributed by atoms with van der Waals surface area (Å²) >= 11 is 0. The largest absolute Gasteiger partial charge is 0.394 e. The van der Waals surface area contributed by atoms with Crippen LogP contribution in [0.25, 0.3) is 0 Å². The molecule has 12 atom stereocenters. The smallest absolute Gasteiger partial charge is 0.220 e. The summed E-state index contributed by atoms with van der Waals surface area (Å²) in [5.41, 5.74) is 0. The lowest BCUT2D eigenvalue weighted by Crippen LogP contribution is -2.65. The summed E-state index contributed by atoms with van der Waals surface area (Å²) in [7, 11) is 0. The lowest BCUT2D eigenvalue weighted by Gasteiger charge is -2.46. The molecule has 14 heteroatoms.